The number of aryl methyl sites for hydroxylation is 1. The molecule has 1 heteroatoms. The van der Waals surface area contributed by atoms with Crippen molar-refractivity contribution >= 4 is 32.9 Å². The number of anilines is 2. The van der Waals surface area contributed by atoms with E-state index in [1.807, 2.05) is 0 Å². The van der Waals surface area contributed by atoms with Crippen LogP contribution >= 0.6 is 0 Å². The Kier molecular flexibility index (Phi) is 3.05. The summed E-state index contributed by atoms with van der Waals surface area (Å²) in [6.07, 6.45) is 0. The van der Waals surface area contributed by atoms with Crippen molar-refractivity contribution in [2.75, 3.05) is 5.32 Å². The molecule has 0 aromatic heterocycles. The Morgan fingerprint density at radius 3 is 2.14 bits per heavy atom. The molecular weight excluding hydrogens is 266 g/mol. The Labute approximate surface area is 130 Å². The van der Waals surface area contributed by atoms with Gasteiger partial charge in [-0.05, 0) is 52.7 Å². The smallest absolute Gasteiger partial charge is 0.0390 e. The fourth-order valence-corrected chi connectivity index (χ4v) is 2.89. The molecule has 1 nitrogen and oxygen atoms in total. The predicted octanol–water partition coefficient (Wildman–Crippen LogP) is 6.05. The summed E-state index contributed by atoms with van der Waals surface area (Å²) in [6.45, 7) is 2.10. The normalized spacial score (nSPS) is 11.0. The van der Waals surface area contributed by atoms with Crippen LogP contribution in [0.2, 0.25) is 0 Å². The van der Waals surface area contributed by atoms with E-state index in [1.54, 1.807) is 0 Å². The molecule has 106 valence electrons. The molecule has 0 aliphatic carbocycles. The van der Waals surface area contributed by atoms with E-state index < -0.39 is 0 Å². The molecule has 0 heterocycles. The van der Waals surface area contributed by atoms with Gasteiger partial charge in [0.25, 0.3) is 0 Å². The summed E-state index contributed by atoms with van der Waals surface area (Å²) in [4.78, 5) is 0. The van der Waals surface area contributed by atoms with Gasteiger partial charge < -0.3 is 5.32 Å². The second kappa shape index (κ2) is 5.19. The number of benzene rings is 4. The summed E-state index contributed by atoms with van der Waals surface area (Å²) in [5.41, 5.74) is 3.51. The maximum Gasteiger partial charge on any atom is 0.0390 e. The van der Waals surface area contributed by atoms with Gasteiger partial charge in [0, 0.05) is 11.4 Å². The van der Waals surface area contributed by atoms with E-state index in [-0.39, 0.29) is 0 Å². The van der Waals surface area contributed by atoms with Crippen LogP contribution in [0.1, 0.15) is 5.56 Å². The van der Waals surface area contributed by atoms with E-state index in [2.05, 4.69) is 91.1 Å². The lowest BCUT2D eigenvalue weighted by atomic mass is 10.0. The molecule has 0 atom stereocenters. The minimum Gasteiger partial charge on any atom is -0.356 e. The lowest BCUT2D eigenvalue weighted by molar-refractivity contribution is 1.46. The summed E-state index contributed by atoms with van der Waals surface area (Å²) in [7, 11) is 0. The highest BCUT2D eigenvalue weighted by molar-refractivity contribution is 6.08. The molecule has 0 unspecified atom stereocenters. The first-order valence-electron chi connectivity index (χ1n) is 7.55. The molecule has 0 radical (unpaired) electrons. The number of rotatable bonds is 2. The zero-order valence-electron chi connectivity index (χ0n) is 12.5. The van der Waals surface area contributed by atoms with E-state index in [1.165, 1.54) is 27.1 Å². The molecule has 0 spiro atoms. The molecule has 4 rings (SSSR count). The zero-order chi connectivity index (χ0) is 14.9. The van der Waals surface area contributed by atoms with E-state index in [4.69, 9.17) is 0 Å². The minimum absolute atomic E-state index is 1.12. The highest BCUT2D eigenvalue weighted by Gasteiger charge is 2.02. The quantitative estimate of drug-likeness (QED) is 0.442. The van der Waals surface area contributed by atoms with Crippen LogP contribution < -0.4 is 5.32 Å². The monoisotopic (exact) mass is 283 g/mol. The highest BCUT2D eigenvalue weighted by Crippen LogP contribution is 2.28. The number of hydrogen-bond acceptors (Lipinski definition) is 1. The average molecular weight is 283 g/mol. The molecular formula is C21H17N. The summed E-state index contributed by atoms with van der Waals surface area (Å²) < 4.78 is 0. The van der Waals surface area contributed by atoms with E-state index in [9.17, 15) is 0 Å². The van der Waals surface area contributed by atoms with Crippen LogP contribution in [0.25, 0.3) is 21.5 Å². The SMILES string of the molecule is Cc1ccc(Nc2ccc3c(ccc4ccccc43)c2)cc1. The van der Waals surface area contributed by atoms with Gasteiger partial charge in [0.2, 0.25) is 0 Å². The molecule has 0 fully saturated rings. The molecule has 0 bridgehead atoms. The zero-order valence-corrected chi connectivity index (χ0v) is 12.5. The van der Waals surface area contributed by atoms with Crippen LogP contribution in [0.3, 0.4) is 0 Å². The number of hydrogen-bond donors (Lipinski definition) is 1. The van der Waals surface area contributed by atoms with Gasteiger partial charge in [-0.15, -0.1) is 0 Å². The first-order valence-corrected chi connectivity index (χ1v) is 7.55. The number of nitrogens with one attached hydrogen (secondary N) is 1. The average Bonchev–Trinajstić information content (AvgIpc) is 2.57. The van der Waals surface area contributed by atoms with Crippen molar-refractivity contribution in [1.29, 1.82) is 0 Å². The van der Waals surface area contributed by atoms with Crippen LogP contribution in [0.5, 0.6) is 0 Å². The molecule has 4 aromatic rings. The van der Waals surface area contributed by atoms with Gasteiger partial charge in [0.05, 0.1) is 0 Å². The van der Waals surface area contributed by atoms with Gasteiger partial charge >= 0.3 is 0 Å². The summed E-state index contributed by atoms with van der Waals surface area (Å²) in [5.74, 6) is 0. The van der Waals surface area contributed by atoms with E-state index in [0.29, 0.717) is 0 Å². The van der Waals surface area contributed by atoms with Crippen molar-refractivity contribution in [3.05, 3.63) is 84.4 Å². The van der Waals surface area contributed by atoms with Gasteiger partial charge in [0.1, 0.15) is 0 Å². The van der Waals surface area contributed by atoms with Crippen molar-refractivity contribution in [2.45, 2.75) is 6.92 Å². The van der Waals surface area contributed by atoms with Crippen molar-refractivity contribution in [1.82, 2.24) is 0 Å². The first-order chi connectivity index (χ1) is 10.8. The molecule has 0 aliphatic heterocycles. The third-order valence-electron chi connectivity index (χ3n) is 4.09. The molecule has 22 heavy (non-hydrogen) atoms. The second-order valence-electron chi connectivity index (χ2n) is 5.71. The Morgan fingerprint density at radius 1 is 0.591 bits per heavy atom. The van der Waals surface area contributed by atoms with Crippen LogP contribution in [0.4, 0.5) is 11.4 Å². The third-order valence-corrected chi connectivity index (χ3v) is 4.09. The maximum atomic E-state index is 3.47. The van der Waals surface area contributed by atoms with Gasteiger partial charge in [-0.1, -0.05) is 60.2 Å². The maximum absolute atomic E-state index is 3.47. The standard InChI is InChI=1S/C21H17N/c1-15-6-10-18(11-7-15)22-19-12-13-21-17(14-19)9-8-16-4-2-3-5-20(16)21/h2-14,22H,1H3. The lowest BCUT2D eigenvalue weighted by Crippen LogP contribution is -1.90. The molecule has 4 aromatic carbocycles. The van der Waals surface area contributed by atoms with Crippen molar-refractivity contribution in [3.8, 4) is 0 Å². The molecule has 1 N–H and O–H groups in total. The summed E-state index contributed by atoms with van der Waals surface area (Å²) in [5, 5.41) is 8.62. The van der Waals surface area contributed by atoms with Crippen molar-refractivity contribution < 1.29 is 0 Å². The van der Waals surface area contributed by atoms with Crippen LogP contribution in [0.15, 0.2) is 78.9 Å². The molecule has 0 amide bonds. The predicted molar refractivity (Wildman–Crippen MR) is 95.9 cm³/mol. The molecule has 0 saturated heterocycles. The fraction of sp³-hybridized carbons (Fsp3) is 0.0476. The second-order valence-corrected chi connectivity index (χ2v) is 5.71. The fourth-order valence-electron chi connectivity index (χ4n) is 2.89. The van der Waals surface area contributed by atoms with Crippen molar-refractivity contribution in [3.63, 3.8) is 0 Å². The van der Waals surface area contributed by atoms with Gasteiger partial charge in [-0.3, -0.25) is 0 Å². The van der Waals surface area contributed by atoms with E-state index >= 15 is 0 Å². The first kappa shape index (κ1) is 12.9. The van der Waals surface area contributed by atoms with Crippen LogP contribution in [-0.4, -0.2) is 0 Å². The third kappa shape index (κ3) is 2.31. The lowest BCUT2D eigenvalue weighted by Gasteiger charge is -2.09. The Morgan fingerprint density at radius 2 is 1.27 bits per heavy atom. The van der Waals surface area contributed by atoms with Gasteiger partial charge in [-0.2, -0.15) is 0 Å². The van der Waals surface area contributed by atoms with Crippen molar-refractivity contribution in [2.24, 2.45) is 0 Å². The highest BCUT2D eigenvalue weighted by atomic mass is 14.9. The molecule has 0 aliphatic rings. The Bertz CT molecular complexity index is 952. The summed E-state index contributed by atoms with van der Waals surface area (Å²) in [6, 6.07) is 27.9. The Balaban J connectivity index is 1.77. The van der Waals surface area contributed by atoms with Gasteiger partial charge in [-0.25, -0.2) is 0 Å². The summed E-state index contributed by atoms with van der Waals surface area (Å²) >= 11 is 0. The minimum atomic E-state index is 1.12. The number of fused-ring (bicyclic) bond motifs is 3. The van der Waals surface area contributed by atoms with Gasteiger partial charge in [0.15, 0.2) is 0 Å². The van der Waals surface area contributed by atoms with Crippen LogP contribution in [-0.2, 0) is 0 Å². The molecule has 0 saturated carbocycles. The topological polar surface area (TPSA) is 12.0 Å². The van der Waals surface area contributed by atoms with E-state index in [0.717, 1.165) is 11.4 Å². The Hall–Kier alpha value is -2.80. The largest absolute Gasteiger partial charge is 0.356 e. The van der Waals surface area contributed by atoms with Crippen LogP contribution in [0, 0.1) is 6.92 Å².